The normalized spacial score (nSPS) is 17.8. The van der Waals surface area contributed by atoms with Crippen molar-refractivity contribution in [2.45, 2.75) is 32.4 Å². The Balaban J connectivity index is 1.53. The van der Waals surface area contributed by atoms with Gasteiger partial charge < -0.3 is 5.32 Å². The summed E-state index contributed by atoms with van der Waals surface area (Å²) >= 11 is 0. The zero-order valence-electron chi connectivity index (χ0n) is 15.6. The van der Waals surface area contributed by atoms with Crippen molar-refractivity contribution in [3.63, 3.8) is 0 Å². The van der Waals surface area contributed by atoms with Crippen LogP contribution >= 0.6 is 0 Å². The van der Waals surface area contributed by atoms with Crippen LogP contribution in [0, 0.1) is 6.92 Å². The van der Waals surface area contributed by atoms with Crippen LogP contribution in [0.5, 0.6) is 0 Å². The zero-order valence-corrected chi connectivity index (χ0v) is 15.6. The second-order valence-corrected chi connectivity index (χ2v) is 6.99. The average Bonchev–Trinajstić information content (AvgIpc) is 2.69. The van der Waals surface area contributed by atoms with E-state index in [2.05, 4.69) is 46.4 Å². The highest BCUT2D eigenvalue weighted by atomic mass is 16.5. The standard InChI is InChI=1S/C21H26N4O2/c1-16-4-6-18(7-5-16)14-25-12-2-3-19(15-25)23-20-10-8-17(13-22-20)9-11-21(26)24-27/h4-11,13,19,27H,2-3,12,14-15H2,1H3,(H,22,23)(H,24,26)/t19-/m1/s1. The van der Waals surface area contributed by atoms with Crippen molar-refractivity contribution in [3.8, 4) is 0 Å². The van der Waals surface area contributed by atoms with E-state index in [0.29, 0.717) is 6.04 Å². The van der Waals surface area contributed by atoms with Gasteiger partial charge in [0.25, 0.3) is 5.91 Å². The molecule has 1 aliphatic heterocycles. The van der Waals surface area contributed by atoms with Gasteiger partial charge in [0, 0.05) is 31.4 Å². The number of hydrogen-bond acceptors (Lipinski definition) is 5. The lowest BCUT2D eigenvalue weighted by atomic mass is 10.0. The van der Waals surface area contributed by atoms with Gasteiger partial charge in [-0.25, -0.2) is 10.5 Å². The Morgan fingerprint density at radius 3 is 2.81 bits per heavy atom. The minimum atomic E-state index is -0.562. The van der Waals surface area contributed by atoms with Gasteiger partial charge in [-0.2, -0.15) is 0 Å². The first kappa shape index (κ1) is 19.1. The summed E-state index contributed by atoms with van der Waals surface area (Å²) in [5, 5.41) is 12.0. The molecule has 3 N–H and O–H groups in total. The van der Waals surface area contributed by atoms with Gasteiger partial charge in [-0.1, -0.05) is 29.8 Å². The van der Waals surface area contributed by atoms with Gasteiger partial charge in [-0.15, -0.1) is 0 Å². The molecule has 1 fully saturated rings. The SMILES string of the molecule is Cc1ccc(CN2CCC[C@@H](Nc3ccc(C=CC(=O)NO)cn3)C2)cc1. The number of rotatable bonds is 6. The number of nitrogens with one attached hydrogen (secondary N) is 2. The summed E-state index contributed by atoms with van der Waals surface area (Å²) in [5.74, 6) is 0.272. The molecule has 3 rings (SSSR count). The number of carbonyl (C=O) groups excluding carboxylic acids is 1. The second kappa shape index (κ2) is 9.30. The van der Waals surface area contributed by atoms with Crippen LogP contribution in [0.25, 0.3) is 6.08 Å². The van der Waals surface area contributed by atoms with Crippen molar-refractivity contribution in [1.82, 2.24) is 15.4 Å². The Hall–Kier alpha value is -2.70. The number of benzene rings is 1. The molecule has 1 saturated heterocycles. The fraction of sp³-hybridized carbons (Fsp3) is 0.333. The number of likely N-dealkylation sites (tertiary alicyclic amines) is 1. The molecule has 0 aliphatic carbocycles. The maximum Gasteiger partial charge on any atom is 0.267 e. The Kier molecular flexibility index (Phi) is 6.57. The molecule has 2 heterocycles. The lowest BCUT2D eigenvalue weighted by molar-refractivity contribution is -0.124. The smallest absolute Gasteiger partial charge is 0.267 e. The summed E-state index contributed by atoms with van der Waals surface area (Å²) in [6.45, 7) is 5.20. The molecule has 27 heavy (non-hydrogen) atoms. The highest BCUT2D eigenvalue weighted by molar-refractivity contribution is 5.90. The molecule has 1 amide bonds. The molecule has 1 aliphatic rings. The summed E-state index contributed by atoms with van der Waals surface area (Å²) in [6, 6.07) is 12.9. The van der Waals surface area contributed by atoms with Crippen LogP contribution < -0.4 is 10.8 Å². The third-order valence-corrected chi connectivity index (χ3v) is 4.71. The number of hydroxylamine groups is 1. The van der Waals surface area contributed by atoms with Crippen LogP contribution in [0.1, 0.15) is 29.5 Å². The molecule has 1 aromatic carbocycles. The minimum Gasteiger partial charge on any atom is -0.366 e. The monoisotopic (exact) mass is 366 g/mol. The fourth-order valence-corrected chi connectivity index (χ4v) is 3.28. The second-order valence-electron chi connectivity index (χ2n) is 6.99. The summed E-state index contributed by atoms with van der Waals surface area (Å²) in [6.07, 6.45) is 6.86. The number of nitrogens with zero attached hydrogens (tertiary/aromatic N) is 2. The van der Waals surface area contributed by atoms with Gasteiger partial charge >= 0.3 is 0 Å². The molecule has 1 atom stereocenters. The largest absolute Gasteiger partial charge is 0.366 e. The molecule has 0 saturated carbocycles. The maximum atomic E-state index is 11.0. The molecule has 1 aromatic heterocycles. The third kappa shape index (κ3) is 5.91. The Bertz CT molecular complexity index is 772. The van der Waals surface area contributed by atoms with Crippen LogP contribution in [0.3, 0.4) is 0 Å². The van der Waals surface area contributed by atoms with E-state index in [9.17, 15) is 4.79 Å². The number of hydrogen-bond donors (Lipinski definition) is 3. The molecule has 0 spiro atoms. The lowest BCUT2D eigenvalue weighted by Crippen LogP contribution is -2.41. The summed E-state index contributed by atoms with van der Waals surface area (Å²) < 4.78 is 0. The van der Waals surface area contributed by atoms with Crippen molar-refractivity contribution in [2.75, 3.05) is 18.4 Å². The predicted molar refractivity (Wildman–Crippen MR) is 106 cm³/mol. The first-order chi connectivity index (χ1) is 13.1. The van der Waals surface area contributed by atoms with Gasteiger partial charge in [-0.05, 0) is 55.6 Å². The third-order valence-electron chi connectivity index (χ3n) is 4.71. The van der Waals surface area contributed by atoms with E-state index in [1.807, 2.05) is 12.1 Å². The van der Waals surface area contributed by atoms with Gasteiger partial charge in [0.2, 0.25) is 0 Å². The quantitative estimate of drug-likeness (QED) is 0.416. The highest BCUT2D eigenvalue weighted by Crippen LogP contribution is 2.17. The van der Waals surface area contributed by atoms with E-state index in [1.54, 1.807) is 17.8 Å². The molecule has 0 bridgehead atoms. The molecular weight excluding hydrogens is 340 g/mol. The Labute approximate surface area is 159 Å². The minimum absolute atomic E-state index is 0.373. The Morgan fingerprint density at radius 1 is 1.30 bits per heavy atom. The van der Waals surface area contributed by atoms with E-state index in [-0.39, 0.29) is 0 Å². The van der Waals surface area contributed by atoms with Gasteiger partial charge in [0.05, 0.1) is 0 Å². The van der Waals surface area contributed by atoms with Crippen molar-refractivity contribution < 1.29 is 10.0 Å². The van der Waals surface area contributed by atoms with Crippen molar-refractivity contribution in [2.24, 2.45) is 0 Å². The Morgan fingerprint density at radius 2 is 2.11 bits per heavy atom. The average molecular weight is 366 g/mol. The molecule has 0 unspecified atom stereocenters. The molecule has 0 radical (unpaired) electrons. The zero-order chi connectivity index (χ0) is 19.1. The van der Waals surface area contributed by atoms with Crippen LogP contribution in [0.15, 0.2) is 48.7 Å². The molecule has 142 valence electrons. The number of amides is 1. The topological polar surface area (TPSA) is 77.5 Å². The number of aryl methyl sites for hydroxylation is 1. The number of carbonyl (C=O) groups is 1. The lowest BCUT2D eigenvalue weighted by Gasteiger charge is -2.33. The van der Waals surface area contributed by atoms with E-state index in [4.69, 9.17) is 5.21 Å². The predicted octanol–water partition coefficient (Wildman–Crippen LogP) is 2.99. The van der Waals surface area contributed by atoms with Crippen molar-refractivity contribution in [1.29, 1.82) is 0 Å². The summed E-state index contributed by atoms with van der Waals surface area (Å²) in [4.78, 5) is 17.9. The molecule has 6 nitrogen and oxygen atoms in total. The van der Waals surface area contributed by atoms with Crippen LogP contribution in [0.4, 0.5) is 5.82 Å². The van der Waals surface area contributed by atoms with E-state index < -0.39 is 5.91 Å². The first-order valence-corrected chi connectivity index (χ1v) is 9.25. The van der Waals surface area contributed by atoms with Gasteiger partial charge in [0.15, 0.2) is 0 Å². The van der Waals surface area contributed by atoms with Gasteiger partial charge in [-0.3, -0.25) is 14.9 Å². The molecular formula is C21H26N4O2. The van der Waals surface area contributed by atoms with Crippen LogP contribution in [-0.2, 0) is 11.3 Å². The maximum absolute atomic E-state index is 11.0. The number of anilines is 1. The fourth-order valence-electron chi connectivity index (χ4n) is 3.28. The molecule has 2 aromatic rings. The molecule has 6 heteroatoms. The highest BCUT2D eigenvalue weighted by Gasteiger charge is 2.20. The summed E-state index contributed by atoms with van der Waals surface area (Å²) in [5.41, 5.74) is 5.00. The number of piperidine rings is 1. The van der Waals surface area contributed by atoms with E-state index >= 15 is 0 Å². The summed E-state index contributed by atoms with van der Waals surface area (Å²) in [7, 11) is 0. The van der Waals surface area contributed by atoms with Crippen molar-refractivity contribution >= 4 is 17.8 Å². The van der Waals surface area contributed by atoms with Crippen molar-refractivity contribution in [3.05, 3.63) is 65.4 Å². The number of pyridine rings is 1. The van der Waals surface area contributed by atoms with Crippen LogP contribution in [-0.4, -0.2) is 40.1 Å². The van der Waals surface area contributed by atoms with E-state index in [1.165, 1.54) is 23.6 Å². The number of aromatic nitrogens is 1. The van der Waals surface area contributed by atoms with Crippen LogP contribution in [0.2, 0.25) is 0 Å². The van der Waals surface area contributed by atoms with E-state index in [0.717, 1.165) is 37.4 Å². The van der Waals surface area contributed by atoms with Gasteiger partial charge in [0.1, 0.15) is 5.82 Å². The first-order valence-electron chi connectivity index (χ1n) is 9.25.